The fourth-order valence-corrected chi connectivity index (χ4v) is 0.327. The third-order valence-electron chi connectivity index (χ3n) is 0.804. The Bertz CT molecular complexity index is 176. The van der Waals surface area contributed by atoms with Crippen LogP contribution in [0.15, 0.2) is 0 Å². The molecule has 0 fully saturated rings. The van der Waals surface area contributed by atoms with Gasteiger partial charge < -0.3 is 10.2 Å². The monoisotopic (exact) mass is 170 g/mol. The smallest absolute Gasteiger partial charge is 0.481 e. The molecule has 0 bridgehead atoms. The van der Waals surface area contributed by atoms with Gasteiger partial charge in [-0.15, -0.1) is 0 Å². The second-order valence-electron chi connectivity index (χ2n) is 1.62. The van der Waals surface area contributed by atoms with Gasteiger partial charge in [0.1, 0.15) is 0 Å². The summed E-state index contributed by atoms with van der Waals surface area (Å²) in [4.78, 5) is 29.7. The summed E-state index contributed by atoms with van der Waals surface area (Å²) in [5, 5.41) is 16.0. The average Bonchev–Trinajstić information content (AvgIpc) is 1.82. The zero-order valence-electron chi connectivity index (χ0n) is 5.74. The summed E-state index contributed by atoms with van der Waals surface area (Å²) in [6, 6.07) is 0. The van der Waals surface area contributed by atoms with E-state index < -0.39 is 30.6 Å². The predicted octanol–water partition coefficient (Wildman–Crippen LogP) is -0.876. The summed E-state index contributed by atoms with van der Waals surface area (Å²) >= 11 is 0. The Morgan fingerprint density at radius 1 is 1.00 bits per heavy atom. The molecule has 0 atom stereocenters. The number of carboxylic acid groups (broad SMARTS) is 2. The first kappa shape index (κ1) is 13.0. The molecule has 0 unspecified atom stereocenters. The zero-order valence-corrected chi connectivity index (χ0v) is 7.15. The van der Waals surface area contributed by atoms with Crippen molar-refractivity contribution in [1.29, 1.82) is 0 Å². The molecule has 0 aliphatic carbocycles. The molecule has 0 aromatic heterocycles. The van der Waals surface area contributed by atoms with Gasteiger partial charge in [-0.1, -0.05) is 0 Å². The maximum absolute atomic E-state index is 10.2. The zero-order chi connectivity index (χ0) is 8.15. The van der Waals surface area contributed by atoms with E-state index in [0.717, 1.165) is 0 Å². The molecule has 0 aromatic carbocycles. The van der Waals surface area contributed by atoms with E-state index in [0.29, 0.717) is 0 Å². The second-order valence-corrected chi connectivity index (χ2v) is 1.62. The molecule has 56 valence electrons. The minimum absolute atomic E-state index is 0. The molecule has 0 aliphatic rings. The van der Waals surface area contributed by atoms with E-state index in [1.807, 2.05) is 0 Å². The van der Waals surface area contributed by atoms with E-state index in [2.05, 4.69) is 0 Å². The number of carbonyl (C=O) groups is 3. The van der Waals surface area contributed by atoms with Crippen molar-refractivity contribution in [1.82, 2.24) is 0 Å². The van der Waals surface area contributed by atoms with Crippen LogP contribution in [0.5, 0.6) is 0 Å². The van der Waals surface area contributed by atoms with Crippen LogP contribution in [0.25, 0.3) is 0 Å². The molecule has 6 heteroatoms. The Morgan fingerprint density at radius 3 is 1.73 bits per heavy atom. The van der Waals surface area contributed by atoms with E-state index in [1.165, 1.54) is 0 Å². The largest absolute Gasteiger partial charge is 2.00 e. The Labute approximate surface area is 78.5 Å². The summed E-state index contributed by atoms with van der Waals surface area (Å²) in [6.07, 6.45) is -0.865. The standard InChI is InChI=1S/C5H6O5.Mg/c6-3(5(9)10)1-2-4(7)8;/h1-2H2,(H,7,8)(H,9,10);/q;+2. The van der Waals surface area contributed by atoms with Gasteiger partial charge in [0.05, 0.1) is 6.42 Å². The van der Waals surface area contributed by atoms with Gasteiger partial charge in [-0.3, -0.25) is 9.59 Å². The SMILES string of the molecule is O=C(O)CCC(=O)C(=O)O.[Mg+2]. The number of rotatable bonds is 4. The Hall–Kier alpha value is -0.624. The van der Waals surface area contributed by atoms with E-state index >= 15 is 0 Å². The predicted molar refractivity (Wildman–Crippen MR) is 35.3 cm³/mol. The molecule has 0 amide bonds. The molecule has 0 aliphatic heterocycles. The quantitative estimate of drug-likeness (QED) is 0.422. The average molecular weight is 170 g/mol. The molecule has 0 rings (SSSR count). The summed E-state index contributed by atoms with van der Waals surface area (Å²) in [5.41, 5.74) is 0. The van der Waals surface area contributed by atoms with E-state index in [4.69, 9.17) is 10.2 Å². The fraction of sp³-hybridized carbons (Fsp3) is 0.400. The van der Waals surface area contributed by atoms with Crippen LogP contribution in [-0.2, 0) is 14.4 Å². The van der Waals surface area contributed by atoms with Crippen molar-refractivity contribution in [2.24, 2.45) is 0 Å². The van der Waals surface area contributed by atoms with Gasteiger partial charge in [0.25, 0.3) is 0 Å². The first-order chi connectivity index (χ1) is 4.54. The summed E-state index contributed by atoms with van der Waals surface area (Å²) in [7, 11) is 0. The van der Waals surface area contributed by atoms with Gasteiger partial charge in [-0.25, -0.2) is 4.79 Å². The molecule has 0 saturated carbocycles. The van der Waals surface area contributed by atoms with Crippen molar-refractivity contribution < 1.29 is 24.6 Å². The van der Waals surface area contributed by atoms with Crippen LogP contribution >= 0.6 is 0 Å². The van der Waals surface area contributed by atoms with Crippen LogP contribution in [-0.4, -0.2) is 51.0 Å². The summed E-state index contributed by atoms with van der Waals surface area (Å²) in [5.74, 6) is -3.82. The number of hydrogen-bond acceptors (Lipinski definition) is 3. The Kier molecular flexibility index (Phi) is 7.22. The molecule has 0 spiro atoms. The van der Waals surface area contributed by atoms with Crippen molar-refractivity contribution in [3.05, 3.63) is 0 Å². The van der Waals surface area contributed by atoms with Crippen molar-refractivity contribution in [3.63, 3.8) is 0 Å². The van der Waals surface area contributed by atoms with E-state index in [-0.39, 0.29) is 23.1 Å². The van der Waals surface area contributed by atoms with Gasteiger partial charge in [0, 0.05) is 6.42 Å². The number of ketones is 1. The molecular formula is C5H6MgO5+2. The van der Waals surface area contributed by atoms with Crippen molar-refractivity contribution in [2.45, 2.75) is 12.8 Å². The summed E-state index contributed by atoms with van der Waals surface area (Å²) in [6.45, 7) is 0. The van der Waals surface area contributed by atoms with Gasteiger partial charge in [0.15, 0.2) is 0 Å². The van der Waals surface area contributed by atoms with Gasteiger partial charge in [-0.2, -0.15) is 0 Å². The first-order valence-electron chi connectivity index (χ1n) is 2.52. The molecule has 0 aromatic rings. The van der Waals surface area contributed by atoms with Gasteiger partial charge >= 0.3 is 35.0 Å². The maximum atomic E-state index is 10.2. The number of carboxylic acids is 2. The van der Waals surface area contributed by atoms with Crippen LogP contribution < -0.4 is 0 Å². The minimum Gasteiger partial charge on any atom is -0.481 e. The van der Waals surface area contributed by atoms with Crippen molar-refractivity contribution >= 4 is 40.8 Å². The Balaban J connectivity index is 0. The first-order valence-corrected chi connectivity index (χ1v) is 2.52. The Morgan fingerprint density at radius 2 is 1.45 bits per heavy atom. The third kappa shape index (κ3) is 7.27. The van der Waals surface area contributed by atoms with Crippen LogP contribution in [0.1, 0.15) is 12.8 Å². The normalized spacial score (nSPS) is 8.00. The number of Topliss-reactive ketones (excluding diaryl/α,β-unsaturated/α-hetero) is 1. The van der Waals surface area contributed by atoms with E-state index in [9.17, 15) is 14.4 Å². The number of hydrogen-bond donors (Lipinski definition) is 2. The molecule has 0 heterocycles. The molecule has 2 N–H and O–H groups in total. The molecule has 5 nitrogen and oxygen atoms in total. The van der Waals surface area contributed by atoms with Gasteiger partial charge in [-0.05, 0) is 0 Å². The number of carbonyl (C=O) groups excluding carboxylic acids is 1. The number of aliphatic carboxylic acids is 2. The molecule has 11 heavy (non-hydrogen) atoms. The molecule has 0 saturated heterocycles. The minimum atomic E-state index is -1.58. The van der Waals surface area contributed by atoms with Gasteiger partial charge in [0.2, 0.25) is 5.78 Å². The topological polar surface area (TPSA) is 91.7 Å². The van der Waals surface area contributed by atoms with Crippen LogP contribution in [0.2, 0.25) is 0 Å². The van der Waals surface area contributed by atoms with Crippen LogP contribution in [0, 0.1) is 0 Å². The van der Waals surface area contributed by atoms with E-state index in [1.54, 1.807) is 0 Å². The fourth-order valence-electron chi connectivity index (χ4n) is 0.327. The van der Waals surface area contributed by atoms with Crippen LogP contribution in [0.3, 0.4) is 0 Å². The third-order valence-corrected chi connectivity index (χ3v) is 0.804. The molecule has 0 radical (unpaired) electrons. The maximum Gasteiger partial charge on any atom is 2.00 e. The van der Waals surface area contributed by atoms with Crippen LogP contribution in [0.4, 0.5) is 0 Å². The second kappa shape index (κ2) is 6.11. The molecular weight excluding hydrogens is 164 g/mol. The van der Waals surface area contributed by atoms with Crippen molar-refractivity contribution in [3.8, 4) is 0 Å². The summed E-state index contributed by atoms with van der Waals surface area (Å²) < 4.78 is 0. The van der Waals surface area contributed by atoms with Crippen molar-refractivity contribution in [2.75, 3.05) is 0 Å².